The highest BCUT2D eigenvalue weighted by molar-refractivity contribution is 5.93. The topological polar surface area (TPSA) is 89.8 Å². The lowest BCUT2D eigenvalue weighted by Gasteiger charge is -2.29. The fourth-order valence-electron chi connectivity index (χ4n) is 3.43. The number of nitrogens with one attached hydrogen (secondary N) is 1. The van der Waals surface area contributed by atoms with E-state index in [9.17, 15) is 9.59 Å². The summed E-state index contributed by atoms with van der Waals surface area (Å²) in [4.78, 5) is 33.0. The van der Waals surface area contributed by atoms with Gasteiger partial charge in [0.2, 0.25) is 0 Å². The van der Waals surface area contributed by atoms with Gasteiger partial charge >= 0.3 is 0 Å². The molecular weight excluding hydrogens is 330 g/mol. The summed E-state index contributed by atoms with van der Waals surface area (Å²) in [5, 5.41) is 7.20. The number of benzene rings is 1. The van der Waals surface area contributed by atoms with E-state index in [4.69, 9.17) is 0 Å². The van der Waals surface area contributed by atoms with E-state index >= 15 is 0 Å². The quantitative estimate of drug-likeness (QED) is 0.782. The van der Waals surface area contributed by atoms with Crippen LogP contribution >= 0.6 is 0 Å². The number of hydrogen-bond donors (Lipinski definition) is 1. The average Bonchev–Trinajstić information content (AvgIpc) is 2.69. The highest BCUT2D eigenvalue weighted by atomic mass is 16.2. The molecule has 7 nitrogen and oxygen atoms in total. The second-order valence-corrected chi connectivity index (χ2v) is 6.53. The molecular formula is C19H19N5O2. The molecule has 2 aromatic heterocycles. The second-order valence-electron chi connectivity index (χ2n) is 6.53. The summed E-state index contributed by atoms with van der Waals surface area (Å²) in [5.74, 6) is -0.207. The molecule has 1 aromatic carbocycles. The van der Waals surface area contributed by atoms with Crippen LogP contribution in [0.5, 0.6) is 0 Å². The molecule has 7 heteroatoms. The molecule has 4 rings (SSSR count). The zero-order valence-electron chi connectivity index (χ0n) is 14.2. The van der Waals surface area contributed by atoms with E-state index in [0.717, 1.165) is 31.2 Å². The van der Waals surface area contributed by atoms with Crippen LogP contribution in [0.15, 0.2) is 53.6 Å². The Morgan fingerprint density at radius 3 is 2.58 bits per heavy atom. The Bertz CT molecular complexity index is 992. The molecule has 0 aliphatic heterocycles. The first-order chi connectivity index (χ1) is 12.7. The van der Waals surface area contributed by atoms with Gasteiger partial charge in [-0.15, -0.1) is 0 Å². The van der Waals surface area contributed by atoms with Crippen molar-refractivity contribution >= 4 is 16.9 Å². The third-order valence-electron chi connectivity index (χ3n) is 4.80. The van der Waals surface area contributed by atoms with E-state index in [-0.39, 0.29) is 23.6 Å². The van der Waals surface area contributed by atoms with Crippen LogP contribution < -0.4 is 10.9 Å². The lowest BCUT2D eigenvalue weighted by Crippen LogP contribution is -2.39. The van der Waals surface area contributed by atoms with Crippen molar-refractivity contribution in [3.8, 4) is 0 Å². The standard InChI is InChI=1S/C19H19N5O2/c25-18-6-3-11-21-24(18)14-9-7-13(8-10-14)22-19(26)17-12-20-15-4-1-2-5-16(15)23-17/h1-6,11-14H,7-10H2,(H,22,26). The highest BCUT2D eigenvalue weighted by Crippen LogP contribution is 2.26. The van der Waals surface area contributed by atoms with Gasteiger partial charge in [-0.1, -0.05) is 12.1 Å². The van der Waals surface area contributed by atoms with E-state index in [2.05, 4.69) is 20.4 Å². The summed E-state index contributed by atoms with van der Waals surface area (Å²) >= 11 is 0. The number of nitrogens with zero attached hydrogens (tertiary/aromatic N) is 4. The van der Waals surface area contributed by atoms with Crippen molar-refractivity contribution in [2.45, 2.75) is 37.8 Å². The fourth-order valence-corrected chi connectivity index (χ4v) is 3.43. The number of hydrogen-bond acceptors (Lipinski definition) is 5. The number of carbonyl (C=O) groups excluding carboxylic acids is 1. The first-order valence-corrected chi connectivity index (χ1v) is 8.77. The molecule has 0 bridgehead atoms. The summed E-state index contributed by atoms with van der Waals surface area (Å²) in [5.41, 5.74) is 1.72. The zero-order valence-corrected chi connectivity index (χ0v) is 14.2. The van der Waals surface area contributed by atoms with Crippen LogP contribution in [0.25, 0.3) is 11.0 Å². The van der Waals surface area contributed by atoms with E-state index in [1.165, 1.54) is 12.3 Å². The van der Waals surface area contributed by atoms with Crippen molar-refractivity contribution in [1.29, 1.82) is 0 Å². The lowest BCUT2D eigenvalue weighted by atomic mass is 9.91. The minimum absolute atomic E-state index is 0.0754. The minimum Gasteiger partial charge on any atom is -0.348 e. The van der Waals surface area contributed by atoms with Crippen molar-refractivity contribution < 1.29 is 4.79 Å². The van der Waals surface area contributed by atoms with Crippen molar-refractivity contribution in [1.82, 2.24) is 25.1 Å². The molecule has 1 N–H and O–H groups in total. The summed E-state index contributed by atoms with van der Waals surface area (Å²) in [7, 11) is 0. The van der Waals surface area contributed by atoms with E-state index in [0.29, 0.717) is 11.2 Å². The monoisotopic (exact) mass is 349 g/mol. The number of rotatable bonds is 3. The number of carbonyl (C=O) groups is 1. The SMILES string of the molecule is O=C(NC1CCC(n2ncccc2=O)CC1)c1cnc2ccccc2n1. The molecule has 1 amide bonds. The van der Waals surface area contributed by atoms with E-state index in [1.807, 2.05) is 24.3 Å². The van der Waals surface area contributed by atoms with Crippen LogP contribution in [0, 0.1) is 0 Å². The molecule has 2 heterocycles. The molecule has 0 unspecified atom stereocenters. The van der Waals surface area contributed by atoms with Crippen molar-refractivity contribution in [3.05, 3.63) is 64.8 Å². The Labute approximate surface area is 150 Å². The third kappa shape index (κ3) is 3.33. The summed E-state index contributed by atoms with van der Waals surface area (Å²) < 4.78 is 1.55. The molecule has 1 saturated carbocycles. The molecule has 0 atom stereocenters. The van der Waals surface area contributed by atoms with Gasteiger partial charge < -0.3 is 5.32 Å². The highest BCUT2D eigenvalue weighted by Gasteiger charge is 2.25. The molecule has 0 saturated heterocycles. The first kappa shape index (κ1) is 16.4. The zero-order chi connectivity index (χ0) is 17.9. The van der Waals surface area contributed by atoms with Crippen LogP contribution in [0.1, 0.15) is 42.2 Å². The first-order valence-electron chi connectivity index (χ1n) is 8.77. The molecule has 0 radical (unpaired) electrons. The molecule has 1 aliphatic carbocycles. The molecule has 1 aliphatic rings. The Morgan fingerprint density at radius 1 is 1.04 bits per heavy atom. The van der Waals surface area contributed by atoms with Crippen LogP contribution in [-0.2, 0) is 0 Å². The maximum absolute atomic E-state index is 12.5. The van der Waals surface area contributed by atoms with Gasteiger partial charge in [-0.3, -0.25) is 14.6 Å². The van der Waals surface area contributed by atoms with Crippen LogP contribution in [0.3, 0.4) is 0 Å². The smallest absolute Gasteiger partial charge is 0.271 e. The predicted octanol–water partition coefficient (Wildman–Crippen LogP) is 2.10. The Balaban J connectivity index is 1.40. The maximum atomic E-state index is 12.5. The van der Waals surface area contributed by atoms with Gasteiger partial charge in [0.05, 0.1) is 23.3 Å². The summed E-state index contributed by atoms with van der Waals surface area (Å²) in [6.07, 6.45) is 6.38. The van der Waals surface area contributed by atoms with E-state index in [1.54, 1.807) is 16.9 Å². The van der Waals surface area contributed by atoms with Crippen LogP contribution in [-0.4, -0.2) is 31.7 Å². The number of aromatic nitrogens is 4. The van der Waals surface area contributed by atoms with Crippen molar-refractivity contribution in [2.75, 3.05) is 0 Å². The lowest BCUT2D eigenvalue weighted by molar-refractivity contribution is 0.0916. The predicted molar refractivity (Wildman–Crippen MR) is 96.8 cm³/mol. The Morgan fingerprint density at radius 2 is 1.81 bits per heavy atom. The number of para-hydroxylation sites is 2. The van der Waals surface area contributed by atoms with Gasteiger partial charge in [-0.25, -0.2) is 9.67 Å². The molecule has 3 aromatic rings. The van der Waals surface area contributed by atoms with Crippen molar-refractivity contribution in [3.63, 3.8) is 0 Å². The largest absolute Gasteiger partial charge is 0.348 e. The third-order valence-corrected chi connectivity index (χ3v) is 4.80. The number of amides is 1. The van der Waals surface area contributed by atoms with Crippen molar-refractivity contribution in [2.24, 2.45) is 0 Å². The average molecular weight is 349 g/mol. The Hall–Kier alpha value is -3.09. The maximum Gasteiger partial charge on any atom is 0.271 e. The normalized spacial score (nSPS) is 20.0. The number of fused-ring (bicyclic) bond motifs is 1. The van der Waals surface area contributed by atoms with Gasteiger partial charge in [0.25, 0.3) is 11.5 Å². The Kier molecular flexibility index (Phi) is 4.43. The fraction of sp³-hybridized carbons (Fsp3) is 0.316. The summed E-state index contributed by atoms with van der Waals surface area (Å²) in [6, 6.07) is 10.8. The van der Waals surface area contributed by atoms with Crippen LogP contribution in [0.2, 0.25) is 0 Å². The minimum atomic E-state index is -0.207. The van der Waals surface area contributed by atoms with Gasteiger partial charge in [0, 0.05) is 18.3 Å². The molecule has 1 fully saturated rings. The van der Waals surface area contributed by atoms with Crippen LogP contribution in [0.4, 0.5) is 0 Å². The van der Waals surface area contributed by atoms with Gasteiger partial charge in [-0.2, -0.15) is 5.10 Å². The van der Waals surface area contributed by atoms with Gasteiger partial charge in [0.1, 0.15) is 5.69 Å². The summed E-state index contributed by atoms with van der Waals surface area (Å²) in [6.45, 7) is 0. The second kappa shape index (κ2) is 7.03. The van der Waals surface area contributed by atoms with Gasteiger partial charge in [0.15, 0.2) is 0 Å². The van der Waals surface area contributed by atoms with Gasteiger partial charge in [-0.05, 0) is 43.9 Å². The molecule has 0 spiro atoms. The molecule has 26 heavy (non-hydrogen) atoms. The molecule has 132 valence electrons. The van der Waals surface area contributed by atoms with E-state index < -0.39 is 0 Å².